The summed E-state index contributed by atoms with van der Waals surface area (Å²) in [5.41, 5.74) is 1.66. The molecule has 0 unspecified atom stereocenters. The Hall–Kier alpha value is -3.46. The summed E-state index contributed by atoms with van der Waals surface area (Å²) in [6.45, 7) is 0. The molecule has 3 amide bonds. The second-order valence-electron chi connectivity index (χ2n) is 5.67. The Labute approximate surface area is 168 Å². The molecule has 1 heterocycles. The summed E-state index contributed by atoms with van der Waals surface area (Å²) < 4.78 is 0.697. The second-order valence-corrected chi connectivity index (χ2v) is 6.53. The van der Waals surface area contributed by atoms with Crippen LogP contribution in [0.1, 0.15) is 31.3 Å². The lowest BCUT2D eigenvalue weighted by Crippen LogP contribution is -2.23. The topological polar surface area (TPSA) is 116 Å². The van der Waals surface area contributed by atoms with Gasteiger partial charge in [0.2, 0.25) is 0 Å². The molecule has 3 aromatic rings. The summed E-state index contributed by atoms with van der Waals surface area (Å²) in [7, 11) is 1.46. The standard InChI is InChI=1S/C19H16BrN5O3/c1-21-18(27)15-16(23-10-22-15)19(28)25-12-8-6-11(7-9-12)24-17(26)13-4-2-3-5-14(13)20/h2-10H,1H3,(H,21,27)(H,22,23)(H,24,26)(H,25,28). The molecule has 9 heteroatoms. The molecule has 2 aromatic carbocycles. The molecule has 4 N–H and O–H groups in total. The predicted molar refractivity (Wildman–Crippen MR) is 108 cm³/mol. The van der Waals surface area contributed by atoms with E-state index in [9.17, 15) is 14.4 Å². The van der Waals surface area contributed by atoms with Crippen LogP contribution < -0.4 is 16.0 Å². The number of aromatic amines is 1. The highest BCUT2D eigenvalue weighted by Crippen LogP contribution is 2.19. The zero-order chi connectivity index (χ0) is 20.1. The quantitative estimate of drug-likeness (QED) is 0.486. The molecular formula is C19H16BrN5O3. The third-order valence-electron chi connectivity index (χ3n) is 3.83. The Morgan fingerprint density at radius 3 is 2.11 bits per heavy atom. The minimum Gasteiger partial charge on any atom is -0.354 e. The molecule has 0 radical (unpaired) electrons. The Bertz CT molecular complexity index is 1030. The SMILES string of the molecule is CNC(=O)c1[nH]cnc1C(=O)Nc1ccc(NC(=O)c2ccccc2Br)cc1. The van der Waals surface area contributed by atoms with Gasteiger partial charge in [-0.1, -0.05) is 12.1 Å². The Morgan fingerprint density at radius 2 is 1.50 bits per heavy atom. The summed E-state index contributed by atoms with van der Waals surface area (Å²) in [5.74, 6) is -1.21. The van der Waals surface area contributed by atoms with Gasteiger partial charge in [0.15, 0.2) is 5.69 Å². The molecule has 28 heavy (non-hydrogen) atoms. The van der Waals surface area contributed by atoms with Gasteiger partial charge in [-0.3, -0.25) is 14.4 Å². The van der Waals surface area contributed by atoms with Gasteiger partial charge in [0.05, 0.1) is 11.9 Å². The minimum absolute atomic E-state index is 0.00865. The van der Waals surface area contributed by atoms with Crippen LogP contribution >= 0.6 is 15.9 Å². The van der Waals surface area contributed by atoms with E-state index in [0.717, 1.165) is 0 Å². The summed E-state index contributed by atoms with van der Waals surface area (Å²) in [5, 5.41) is 7.89. The number of benzene rings is 2. The van der Waals surface area contributed by atoms with Crippen molar-refractivity contribution in [3.8, 4) is 0 Å². The van der Waals surface area contributed by atoms with Crippen LogP contribution in [0, 0.1) is 0 Å². The molecule has 0 atom stereocenters. The van der Waals surface area contributed by atoms with Crippen molar-refractivity contribution >= 4 is 45.0 Å². The van der Waals surface area contributed by atoms with Gasteiger partial charge in [-0.2, -0.15) is 0 Å². The van der Waals surface area contributed by atoms with Crippen molar-refractivity contribution in [2.75, 3.05) is 17.7 Å². The zero-order valence-corrected chi connectivity index (χ0v) is 16.3. The first-order valence-electron chi connectivity index (χ1n) is 8.22. The molecular weight excluding hydrogens is 426 g/mol. The highest BCUT2D eigenvalue weighted by atomic mass is 79.9. The van der Waals surface area contributed by atoms with E-state index in [0.29, 0.717) is 21.4 Å². The van der Waals surface area contributed by atoms with Crippen LogP contribution in [0.5, 0.6) is 0 Å². The number of aromatic nitrogens is 2. The maximum atomic E-state index is 12.4. The number of H-pyrrole nitrogens is 1. The number of carbonyl (C=O) groups is 3. The van der Waals surface area contributed by atoms with Crippen molar-refractivity contribution in [2.24, 2.45) is 0 Å². The van der Waals surface area contributed by atoms with Crippen LogP contribution in [0.15, 0.2) is 59.3 Å². The largest absolute Gasteiger partial charge is 0.354 e. The number of amides is 3. The van der Waals surface area contributed by atoms with Crippen LogP contribution in [0.3, 0.4) is 0 Å². The molecule has 0 aliphatic carbocycles. The molecule has 3 rings (SSSR count). The van der Waals surface area contributed by atoms with Gasteiger partial charge in [-0.25, -0.2) is 4.98 Å². The van der Waals surface area contributed by atoms with Crippen molar-refractivity contribution < 1.29 is 14.4 Å². The first-order valence-corrected chi connectivity index (χ1v) is 9.01. The molecule has 8 nitrogen and oxygen atoms in total. The van der Waals surface area contributed by atoms with Gasteiger partial charge < -0.3 is 20.9 Å². The number of halogens is 1. The van der Waals surface area contributed by atoms with Gasteiger partial charge in [0, 0.05) is 22.9 Å². The van der Waals surface area contributed by atoms with Crippen molar-refractivity contribution in [3.05, 3.63) is 76.3 Å². The zero-order valence-electron chi connectivity index (χ0n) is 14.7. The molecule has 0 spiro atoms. The third kappa shape index (κ3) is 4.26. The van der Waals surface area contributed by atoms with Crippen molar-refractivity contribution in [2.45, 2.75) is 0 Å². The number of rotatable bonds is 5. The van der Waals surface area contributed by atoms with Crippen LogP contribution in [-0.4, -0.2) is 34.7 Å². The van der Waals surface area contributed by atoms with E-state index in [4.69, 9.17) is 0 Å². The van der Waals surface area contributed by atoms with E-state index in [2.05, 4.69) is 41.8 Å². The number of carbonyl (C=O) groups excluding carboxylic acids is 3. The van der Waals surface area contributed by atoms with Gasteiger partial charge in [-0.05, 0) is 52.3 Å². The fraction of sp³-hybridized carbons (Fsp3) is 0.0526. The molecule has 0 fully saturated rings. The van der Waals surface area contributed by atoms with E-state index >= 15 is 0 Å². The smallest absolute Gasteiger partial charge is 0.276 e. The lowest BCUT2D eigenvalue weighted by molar-refractivity contribution is 0.0943. The van der Waals surface area contributed by atoms with Gasteiger partial charge in [-0.15, -0.1) is 0 Å². The molecule has 0 saturated carbocycles. The molecule has 0 bridgehead atoms. The van der Waals surface area contributed by atoms with E-state index < -0.39 is 11.8 Å². The van der Waals surface area contributed by atoms with E-state index in [1.54, 1.807) is 42.5 Å². The minimum atomic E-state index is -0.523. The maximum Gasteiger partial charge on any atom is 0.276 e. The lowest BCUT2D eigenvalue weighted by Gasteiger charge is -2.09. The maximum absolute atomic E-state index is 12.4. The van der Waals surface area contributed by atoms with E-state index in [1.165, 1.54) is 13.4 Å². The van der Waals surface area contributed by atoms with Gasteiger partial charge in [0.25, 0.3) is 17.7 Å². The summed E-state index contributed by atoms with van der Waals surface area (Å²) in [6.07, 6.45) is 1.28. The summed E-state index contributed by atoms with van der Waals surface area (Å²) in [6, 6.07) is 13.7. The molecule has 0 saturated heterocycles. The first-order chi connectivity index (χ1) is 13.5. The second kappa shape index (κ2) is 8.49. The fourth-order valence-corrected chi connectivity index (χ4v) is 2.90. The normalized spacial score (nSPS) is 10.2. The van der Waals surface area contributed by atoms with Crippen LogP contribution in [0.4, 0.5) is 11.4 Å². The molecule has 142 valence electrons. The fourth-order valence-electron chi connectivity index (χ4n) is 2.44. The number of anilines is 2. The van der Waals surface area contributed by atoms with E-state index in [1.807, 2.05) is 6.07 Å². The van der Waals surface area contributed by atoms with Gasteiger partial charge >= 0.3 is 0 Å². The first kappa shape index (κ1) is 19.3. The van der Waals surface area contributed by atoms with Crippen molar-refractivity contribution in [1.82, 2.24) is 15.3 Å². The number of hydrogen-bond acceptors (Lipinski definition) is 4. The lowest BCUT2D eigenvalue weighted by atomic mass is 10.2. The number of nitrogens with one attached hydrogen (secondary N) is 4. The Kier molecular flexibility index (Phi) is 5.85. The van der Waals surface area contributed by atoms with Crippen LogP contribution in [0.2, 0.25) is 0 Å². The number of hydrogen-bond donors (Lipinski definition) is 4. The molecule has 1 aromatic heterocycles. The monoisotopic (exact) mass is 441 g/mol. The van der Waals surface area contributed by atoms with E-state index in [-0.39, 0.29) is 17.3 Å². The average Bonchev–Trinajstić information content (AvgIpc) is 3.19. The number of imidazole rings is 1. The number of nitrogens with zero attached hydrogens (tertiary/aromatic N) is 1. The van der Waals surface area contributed by atoms with Crippen LogP contribution in [0.25, 0.3) is 0 Å². The summed E-state index contributed by atoms with van der Waals surface area (Å²) in [4.78, 5) is 42.9. The molecule has 0 aliphatic rings. The molecule has 0 aliphatic heterocycles. The highest BCUT2D eigenvalue weighted by Gasteiger charge is 2.19. The van der Waals surface area contributed by atoms with Crippen molar-refractivity contribution in [1.29, 1.82) is 0 Å². The predicted octanol–water partition coefficient (Wildman–Crippen LogP) is 3.04. The highest BCUT2D eigenvalue weighted by molar-refractivity contribution is 9.10. The average molecular weight is 442 g/mol. The van der Waals surface area contributed by atoms with Crippen molar-refractivity contribution in [3.63, 3.8) is 0 Å². The summed E-state index contributed by atoms with van der Waals surface area (Å²) >= 11 is 3.34. The van der Waals surface area contributed by atoms with Crippen LogP contribution in [-0.2, 0) is 0 Å². The van der Waals surface area contributed by atoms with Gasteiger partial charge in [0.1, 0.15) is 5.69 Å². The Morgan fingerprint density at radius 1 is 0.893 bits per heavy atom. The Balaban J connectivity index is 1.67. The third-order valence-corrected chi connectivity index (χ3v) is 4.52.